The van der Waals surface area contributed by atoms with Gasteiger partial charge < -0.3 is 9.32 Å². The van der Waals surface area contributed by atoms with Gasteiger partial charge in [-0.25, -0.2) is 0 Å². The third-order valence-electron chi connectivity index (χ3n) is 13.1. The minimum atomic E-state index is -0.102. The fraction of sp³-hybridized carbons (Fsp3) is 0.0508. The van der Waals surface area contributed by atoms with Crippen LogP contribution in [0.15, 0.2) is 217 Å². The molecular formula is C59H41NO. The molecule has 0 aliphatic heterocycles. The predicted octanol–water partition coefficient (Wildman–Crippen LogP) is 16.7. The van der Waals surface area contributed by atoms with Crippen molar-refractivity contribution in [3.05, 3.63) is 223 Å². The SMILES string of the molecule is CC1(C)c2ccccc2-c2c(-c3ccccc3N(c3ccc(-c4cccc5oc6c7ccccc7ccc6c45)cc3)c3cccc(-c4cccc5ccccc45)c3)cccc21. The molecule has 2 heteroatoms. The van der Waals surface area contributed by atoms with Crippen LogP contribution < -0.4 is 4.90 Å². The number of hydrogen-bond acceptors (Lipinski definition) is 2. The molecule has 2 nitrogen and oxygen atoms in total. The third kappa shape index (κ3) is 5.49. The van der Waals surface area contributed by atoms with Crippen molar-refractivity contribution in [1.82, 2.24) is 0 Å². The number of rotatable bonds is 6. The van der Waals surface area contributed by atoms with Gasteiger partial charge in [0, 0.05) is 38.5 Å². The number of anilines is 3. The summed E-state index contributed by atoms with van der Waals surface area (Å²) >= 11 is 0. The highest BCUT2D eigenvalue weighted by molar-refractivity contribution is 6.19. The lowest BCUT2D eigenvalue weighted by Gasteiger charge is -2.29. The Balaban J connectivity index is 1.05. The highest BCUT2D eigenvalue weighted by Crippen LogP contribution is 2.54. The highest BCUT2D eigenvalue weighted by atomic mass is 16.3. The Morgan fingerprint density at radius 1 is 0.393 bits per heavy atom. The van der Waals surface area contributed by atoms with Crippen molar-refractivity contribution in [2.75, 3.05) is 4.90 Å². The van der Waals surface area contributed by atoms with Crippen molar-refractivity contribution < 1.29 is 4.42 Å². The van der Waals surface area contributed by atoms with Gasteiger partial charge >= 0.3 is 0 Å². The first-order chi connectivity index (χ1) is 30.0. The van der Waals surface area contributed by atoms with Crippen LogP contribution in [-0.2, 0) is 5.41 Å². The normalized spacial score (nSPS) is 12.9. The van der Waals surface area contributed by atoms with E-state index in [2.05, 4.69) is 231 Å². The Bertz CT molecular complexity index is 3510. The Hall–Kier alpha value is -7.68. The summed E-state index contributed by atoms with van der Waals surface area (Å²) in [6, 6.07) is 77.4. The average molecular weight is 780 g/mol. The first-order valence-corrected chi connectivity index (χ1v) is 21.2. The van der Waals surface area contributed by atoms with Gasteiger partial charge in [0.15, 0.2) is 0 Å². The Labute approximate surface area is 355 Å². The zero-order valence-electron chi connectivity index (χ0n) is 34.1. The molecule has 12 rings (SSSR count). The van der Waals surface area contributed by atoms with Crippen LogP contribution in [0.25, 0.3) is 88.0 Å². The van der Waals surface area contributed by atoms with Gasteiger partial charge in [0.05, 0.1) is 5.69 Å². The lowest BCUT2D eigenvalue weighted by atomic mass is 9.82. The minimum Gasteiger partial charge on any atom is -0.455 e. The lowest BCUT2D eigenvalue weighted by molar-refractivity contribution is 0.660. The quantitative estimate of drug-likeness (QED) is 0.167. The van der Waals surface area contributed by atoms with E-state index < -0.39 is 0 Å². The van der Waals surface area contributed by atoms with Crippen LogP contribution in [0.2, 0.25) is 0 Å². The summed E-state index contributed by atoms with van der Waals surface area (Å²) in [6.07, 6.45) is 0. The Kier molecular flexibility index (Phi) is 7.92. The molecule has 0 saturated carbocycles. The van der Waals surface area contributed by atoms with Gasteiger partial charge in [-0.15, -0.1) is 0 Å². The summed E-state index contributed by atoms with van der Waals surface area (Å²) in [5, 5.41) is 7.06. The topological polar surface area (TPSA) is 16.4 Å². The molecule has 288 valence electrons. The molecule has 1 aliphatic carbocycles. The van der Waals surface area contributed by atoms with Crippen molar-refractivity contribution in [1.29, 1.82) is 0 Å². The number of fused-ring (bicyclic) bond motifs is 9. The van der Waals surface area contributed by atoms with Crippen LogP contribution in [0.1, 0.15) is 25.0 Å². The number of furan rings is 1. The first kappa shape index (κ1) is 35.3. The highest BCUT2D eigenvalue weighted by Gasteiger charge is 2.37. The largest absolute Gasteiger partial charge is 0.455 e. The van der Waals surface area contributed by atoms with E-state index in [0.29, 0.717) is 0 Å². The number of benzene rings is 10. The van der Waals surface area contributed by atoms with Crippen molar-refractivity contribution >= 4 is 60.5 Å². The zero-order chi connectivity index (χ0) is 40.7. The molecule has 1 aromatic heterocycles. The van der Waals surface area contributed by atoms with E-state index in [1.807, 2.05) is 0 Å². The second kappa shape index (κ2) is 13.7. The molecule has 1 aliphatic rings. The molecule has 0 unspecified atom stereocenters. The van der Waals surface area contributed by atoms with Crippen LogP contribution in [0.3, 0.4) is 0 Å². The third-order valence-corrected chi connectivity index (χ3v) is 13.1. The monoisotopic (exact) mass is 779 g/mol. The number of para-hydroxylation sites is 1. The summed E-state index contributed by atoms with van der Waals surface area (Å²) in [5.41, 5.74) is 17.5. The standard InChI is InChI=1S/C59H41NO/c1-59(2)52-27-9-7-23-50(52)56-49(26-13-28-53(56)59)48-22-8-10-29-54(48)60(43-19-11-18-41(37-43)45-24-12-17-38-15-3-5-20-44(38)45)42-34-31-40(32-35-42)46-25-14-30-55-57(46)51-36-33-39-16-4-6-21-47(39)58(51)61-55/h3-37H,1-2H3. The fourth-order valence-electron chi connectivity index (χ4n) is 10.2. The van der Waals surface area contributed by atoms with E-state index in [4.69, 9.17) is 4.42 Å². The average Bonchev–Trinajstić information content (AvgIpc) is 3.82. The van der Waals surface area contributed by atoms with E-state index in [0.717, 1.165) is 55.5 Å². The second-order valence-corrected chi connectivity index (χ2v) is 16.8. The molecule has 1 heterocycles. The summed E-state index contributed by atoms with van der Waals surface area (Å²) < 4.78 is 6.59. The number of hydrogen-bond donors (Lipinski definition) is 0. The maximum atomic E-state index is 6.59. The maximum absolute atomic E-state index is 6.59. The summed E-state index contributed by atoms with van der Waals surface area (Å²) in [7, 11) is 0. The van der Waals surface area contributed by atoms with Gasteiger partial charge in [-0.1, -0.05) is 184 Å². The van der Waals surface area contributed by atoms with Crippen molar-refractivity contribution in [2.24, 2.45) is 0 Å². The lowest BCUT2D eigenvalue weighted by Crippen LogP contribution is -2.14. The zero-order valence-corrected chi connectivity index (χ0v) is 34.1. The summed E-state index contributed by atoms with van der Waals surface area (Å²) in [6.45, 7) is 4.71. The molecule has 0 saturated heterocycles. The molecule has 11 aromatic rings. The van der Waals surface area contributed by atoms with Crippen molar-refractivity contribution in [3.8, 4) is 44.5 Å². The fourth-order valence-corrected chi connectivity index (χ4v) is 10.2. The molecule has 10 aromatic carbocycles. The van der Waals surface area contributed by atoms with Gasteiger partial charge in [-0.3, -0.25) is 0 Å². The van der Waals surface area contributed by atoms with Crippen molar-refractivity contribution in [2.45, 2.75) is 19.3 Å². The molecule has 0 spiro atoms. The molecular weight excluding hydrogens is 739 g/mol. The van der Waals surface area contributed by atoms with Crippen LogP contribution in [-0.4, -0.2) is 0 Å². The first-order valence-electron chi connectivity index (χ1n) is 21.2. The molecule has 0 bridgehead atoms. The van der Waals surface area contributed by atoms with Gasteiger partial charge in [-0.2, -0.15) is 0 Å². The van der Waals surface area contributed by atoms with Crippen LogP contribution in [0, 0.1) is 0 Å². The molecule has 61 heavy (non-hydrogen) atoms. The smallest absolute Gasteiger partial charge is 0.143 e. The summed E-state index contributed by atoms with van der Waals surface area (Å²) in [4.78, 5) is 2.44. The molecule has 0 atom stereocenters. The van der Waals surface area contributed by atoms with E-state index in [9.17, 15) is 0 Å². The van der Waals surface area contributed by atoms with Crippen LogP contribution in [0.4, 0.5) is 17.1 Å². The molecule has 0 amide bonds. The predicted molar refractivity (Wildman–Crippen MR) is 257 cm³/mol. The van der Waals surface area contributed by atoms with Gasteiger partial charge in [0.2, 0.25) is 0 Å². The Morgan fingerprint density at radius 2 is 1.02 bits per heavy atom. The minimum absolute atomic E-state index is 0.102. The van der Waals surface area contributed by atoms with Gasteiger partial charge in [0.25, 0.3) is 0 Å². The van der Waals surface area contributed by atoms with E-state index in [1.54, 1.807) is 0 Å². The molecule has 0 fully saturated rings. The van der Waals surface area contributed by atoms with E-state index >= 15 is 0 Å². The summed E-state index contributed by atoms with van der Waals surface area (Å²) in [5.74, 6) is 0. The molecule has 0 N–H and O–H groups in total. The van der Waals surface area contributed by atoms with Crippen LogP contribution >= 0.6 is 0 Å². The van der Waals surface area contributed by atoms with Crippen molar-refractivity contribution in [3.63, 3.8) is 0 Å². The van der Waals surface area contributed by atoms with E-state index in [-0.39, 0.29) is 5.41 Å². The van der Waals surface area contributed by atoms with Crippen LogP contribution in [0.5, 0.6) is 0 Å². The second-order valence-electron chi connectivity index (χ2n) is 16.8. The maximum Gasteiger partial charge on any atom is 0.143 e. The number of nitrogens with zero attached hydrogens (tertiary/aromatic N) is 1. The Morgan fingerprint density at radius 3 is 1.89 bits per heavy atom. The molecule has 0 radical (unpaired) electrons. The van der Waals surface area contributed by atoms with Gasteiger partial charge in [0.1, 0.15) is 11.2 Å². The van der Waals surface area contributed by atoms with Gasteiger partial charge in [-0.05, 0) is 109 Å². The van der Waals surface area contributed by atoms with E-state index in [1.165, 1.54) is 60.7 Å².